The van der Waals surface area contributed by atoms with E-state index in [1.165, 1.54) is 0 Å². The third-order valence-corrected chi connectivity index (χ3v) is 1.76. The van der Waals surface area contributed by atoms with E-state index in [0.29, 0.717) is 0 Å². The summed E-state index contributed by atoms with van der Waals surface area (Å²) in [6.07, 6.45) is 1.94. The van der Waals surface area contributed by atoms with Crippen molar-refractivity contribution in [3.8, 4) is 0 Å². The molecule has 0 spiro atoms. The maximum atomic E-state index is 5.41. The number of hydrogen-bond acceptors (Lipinski definition) is 3. The van der Waals surface area contributed by atoms with Crippen molar-refractivity contribution < 1.29 is 0 Å². The number of nitrogens with zero attached hydrogens (tertiary/aromatic N) is 1. The fourth-order valence-corrected chi connectivity index (χ4v) is 1.15. The van der Waals surface area contributed by atoms with Crippen molar-refractivity contribution in [3.63, 3.8) is 0 Å². The van der Waals surface area contributed by atoms with Crippen molar-refractivity contribution in [2.45, 2.75) is 13.8 Å². The van der Waals surface area contributed by atoms with Crippen LogP contribution in [0, 0.1) is 0 Å². The highest BCUT2D eigenvalue weighted by Gasteiger charge is 2.02. The van der Waals surface area contributed by atoms with Gasteiger partial charge in [0.15, 0.2) is 0 Å². The standard InChI is InChI=1S/C4H8N2S.C2H6/c1-6-2-4(5)7-3-6;1-2/h2H,3,5H2,1H3;1-2H3. The highest BCUT2D eigenvalue weighted by Crippen LogP contribution is 2.17. The van der Waals surface area contributed by atoms with Crippen LogP contribution >= 0.6 is 11.8 Å². The molecule has 9 heavy (non-hydrogen) atoms. The summed E-state index contributed by atoms with van der Waals surface area (Å²) < 4.78 is 0. The van der Waals surface area contributed by atoms with Gasteiger partial charge in [0.25, 0.3) is 0 Å². The van der Waals surface area contributed by atoms with Gasteiger partial charge in [0.05, 0.1) is 10.9 Å². The normalized spacial score (nSPS) is 16.3. The fourth-order valence-electron chi connectivity index (χ4n) is 0.468. The minimum absolute atomic E-state index is 0.919. The molecule has 0 radical (unpaired) electrons. The van der Waals surface area contributed by atoms with Crippen LogP contribution in [0.3, 0.4) is 0 Å². The molecule has 0 bridgehead atoms. The first-order chi connectivity index (χ1) is 4.29. The summed E-state index contributed by atoms with van der Waals surface area (Å²) in [7, 11) is 2.01. The molecule has 0 unspecified atom stereocenters. The first-order valence-corrected chi connectivity index (χ1v) is 4.08. The fraction of sp³-hybridized carbons (Fsp3) is 0.667. The van der Waals surface area contributed by atoms with Crippen LogP contribution in [0.15, 0.2) is 11.2 Å². The molecule has 3 heteroatoms. The molecule has 0 aromatic rings. The van der Waals surface area contributed by atoms with Gasteiger partial charge in [-0.05, 0) is 0 Å². The summed E-state index contributed by atoms with van der Waals surface area (Å²) in [4.78, 5) is 2.06. The number of nitrogens with two attached hydrogens (primary N) is 1. The van der Waals surface area contributed by atoms with Gasteiger partial charge in [0.2, 0.25) is 0 Å². The lowest BCUT2D eigenvalue weighted by Gasteiger charge is -2.00. The highest BCUT2D eigenvalue weighted by atomic mass is 32.2. The predicted molar refractivity (Wildman–Crippen MR) is 43.8 cm³/mol. The molecule has 1 aliphatic heterocycles. The monoisotopic (exact) mass is 146 g/mol. The second-order valence-electron chi connectivity index (χ2n) is 1.56. The van der Waals surface area contributed by atoms with Crippen LogP contribution < -0.4 is 5.73 Å². The molecule has 0 amide bonds. The number of thioether (sulfide) groups is 1. The quantitative estimate of drug-likeness (QED) is 0.560. The summed E-state index contributed by atoms with van der Waals surface area (Å²) in [6, 6.07) is 0. The average molecular weight is 146 g/mol. The molecule has 1 aliphatic rings. The van der Waals surface area contributed by atoms with Crippen LogP contribution in [-0.4, -0.2) is 17.8 Å². The zero-order valence-electron chi connectivity index (χ0n) is 6.22. The van der Waals surface area contributed by atoms with Crippen molar-refractivity contribution in [1.82, 2.24) is 4.90 Å². The Morgan fingerprint density at radius 3 is 2.33 bits per heavy atom. The lowest BCUT2D eigenvalue weighted by molar-refractivity contribution is 0.550. The SMILES string of the molecule is CC.CN1C=C(N)SC1. The van der Waals surface area contributed by atoms with Crippen LogP contribution in [0.5, 0.6) is 0 Å². The second kappa shape index (κ2) is 4.56. The molecule has 0 saturated carbocycles. The summed E-state index contributed by atoms with van der Waals surface area (Å²) in [6.45, 7) is 4.00. The van der Waals surface area contributed by atoms with Gasteiger partial charge in [-0.15, -0.1) is 0 Å². The number of rotatable bonds is 0. The lowest BCUT2D eigenvalue weighted by atomic mass is 10.8. The lowest BCUT2D eigenvalue weighted by Crippen LogP contribution is -2.02. The first-order valence-electron chi connectivity index (χ1n) is 3.09. The van der Waals surface area contributed by atoms with E-state index in [0.717, 1.165) is 10.9 Å². The van der Waals surface area contributed by atoms with Crippen LogP contribution in [0.25, 0.3) is 0 Å². The van der Waals surface area contributed by atoms with Gasteiger partial charge < -0.3 is 10.6 Å². The molecule has 0 saturated heterocycles. The van der Waals surface area contributed by atoms with Crippen molar-refractivity contribution >= 4 is 11.8 Å². The molecule has 2 N–H and O–H groups in total. The second-order valence-corrected chi connectivity index (χ2v) is 2.58. The Labute approximate surface area is 61.1 Å². The summed E-state index contributed by atoms with van der Waals surface area (Å²) in [5, 5.41) is 0.919. The van der Waals surface area contributed by atoms with Crippen molar-refractivity contribution in [1.29, 1.82) is 0 Å². The molecule has 0 fully saturated rings. The maximum absolute atomic E-state index is 5.41. The van der Waals surface area contributed by atoms with E-state index in [-0.39, 0.29) is 0 Å². The molecule has 54 valence electrons. The van der Waals surface area contributed by atoms with E-state index >= 15 is 0 Å². The Kier molecular flexibility index (Phi) is 4.40. The van der Waals surface area contributed by atoms with Crippen molar-refractivity contribution in [3.05, 3.63) is 11.2 Å². The molecule has 1 rings (SSSR count). The van der Waals surface area contributed by atoms with Crippen LogP contribution in [0.4, 0.5) is 0 Å². The smallest absolute Gasteiger partial charge is 0.0834 e. The van der Waals surface area contributed by atoms with E-state index in [2.05, 4.69) is 4.90 Å². The minimum Gasteiger partial charge on any atom is -0.392 e. The molecule has 1 heterocycles. The Morgan fingerprint density at radius 1 is 1.67 bits per heavy atom. The van der Waals surface area contributed by atoms with Gasteiger partial charge in [-0.1, -0.05) is 25.6 Å². The van der Waals surface area contributed by atoms with Crippen molar-refractivity contribution in [2.75, 3.05) is 12.9 Å². The zero-order valence-corrected chi connectivity index (χ0v) is 7.03. The third kappa shape index (κ3) is 3.30. The Hall–Kier alpha value is -0.310. The Balaban J connectivity index is 0.000000291. The summed E-state index contributed by atoms with van der Waals surface area (Å²) >= 11 is 1.67. The highest BCUT2D eigenvalue weighted by molar-refractivity contribution is 8.03. The zero-order chi connectivity index (χ0) is 7.28. The minimum atomic E-state index is 0.919. The largest absolute Gasteiger partial charge is 0.392 e. The average Bonchev–Trinajstić information content (AvgIpc) is 2.20. The molecule has 2 nitrogen and oxygen atoms in total. The van der Waals surface area contributed by atoms with E-state index in [1.807, 2.05) is 27.1 Å². The van der Waals surface area contributed by atoms with Gasteiger partial charge in [-0.3, -0.25) is 0 Å². The topological polar surface area (TPSA) is 29.3 Å². The predicted octanol–water partition coefficient (Wildman–Crippen LogP) is 1.41. The van der Waals surface area contributed by atoms with E-state index in [4.69, 9.17) is 5.73 Å². The first kappa shape index (κ1) is 8.69. The molecule has 0 aromatic carbocycles. The molecule has 0 aliphatic carbocycles. The van der Waals surface area contributed by atoms with Gasteiger partial charge >= 0.3 is 0 Å². The van der Waals surface area contributed by atoms with E-state index in [1.54, 1.807) is 11.8 Å². The van der Waals surface area contributed by atoms with Crippen LogP contribution in [0.2, 0.25) is 0 Å². The van der Waals surface area contributed by atoms with Crippen molar-refractivity contribution in [2.24, 2.45) is 5.73 Å². The van der Waals surface area contributed by atoms with E-state index < -0.39 is 0 Å². The van der Waals surface area contributed by atoms with Gasteiger partial charge in [0, 0.05) is 13.2 Å². The molecule has 0 aromatic heterocycles. The van der Waals surface area contributed by atoms with Crippen LogP contribution in [-0.2, 0) is 0 Å². The molecular weight excluding hydrogens is 132 g/mol. The van der Waals surface area contributed by atoms with Gasteiger partial charge in [0.1, 0.15) is 0 Å². The maximum Gasteiger partial charge on any atom is 0.0834 e. The summed E-state index contributed by atoms with van der Waals surface area (Å²) in [5.74, 6) is 1.01. The number of hydrogen-bond donors (Lipinski definition) is 1. The third-order valence-electron chi connectivity index (χ3n) is 0.782. The summed E-state index contributed by atoms with van der Waals surface area (Å²) in [5.41, 5.74) is 5.41. The van der Waals surface area contributed by atoms with Gasteiger partial charge in [-0.2, -0.15) is 0 Å². The molecular formula is C6H14N2S. The molecule has 0 atom stereocenters. The van der Waals surface area contributed by atoms with Gasteiger partial charge in [-0.25, -0.2) is 0 Å². The Bertz CT molecular complexity index is 101. The van der Waals surface area contributed by atoms with E-state index in [9.17, 15) is 0 Å². The van der Waals surface area contributed by atoms with Crippen LogP contribution in [0.1, 0.15) is 13.8 Å². The Morgan fingerprint density at radius 2 is 2.22 bits per heavy atom.